The minimum Gasteiger partial charge on any atom is -0.359 e. The molecule has 112 valence electrons. The number of halogens is 3. The maximum absolute atomic E-state index is 12.7. The second-order valence-electron chi connectivity index (χ2n) is 4.31. The standard InChI is InChI=1S/C15H16ClF2N3/c1-9(20-11(3)16)14(8-19)10(2)21-13-6-4-5-12(7-13)15(17)18/h4-8,15,19,21H,3H2,1-2H3/b14-10+,19-8?,20-9-. The summed E-state index contributed by atoms with van der Waals surface area (Å²) in [6, 6.07) is 5.94. The quantitative estimate of drug-likeness (QED) is 0.555. The summed E-state index contributed by atoms with van der Waals surface area (Å²) in [5.74, 6) is 0. The number of allylic oxidation sites excluding steroid dienone is 2. The molecule has 1 rings (SSSR count). The summed E-state index contributed by atoms with van der Waals surface area (Å²) in [6.07, 6.45) is -1.40. The number of alkyl halides is 2. The van der Waals surface area contributed by atoms with E-state index in [1.165, 1.54) is 12.1 Å². The van der Waals surface area contributed by atoms with Gasteiger partial charge in [-0.2, -0.15) is 0 Å². The van der Waals surface area contributed by atoms with Crippen LogP contribution in [0.4, 0.5) is 14.5 Å². The minimum absolute atomic E-state index is 0.0660. The lowest BCUT2D eigenvalue weighted by atomic mass is 10.1. The van der Waals surface area contributed by atoms with Crippen LogP contribution in [0.15, 0.2) is 52.3 Å². The molecule has 0 fully saturated rings. The monoisotopic (exact) mass is 311 g/mol. The lowest BCUT2D eigenvalue weighted by Gasteiger charge is -2.12. The van der Waals surface area contributed by atoms with Crippen LogP contribution in [0, 0.1) is 5.41 Å². The number of nitrogens with one attached hydrogen (secondary N) is 2. The van der Waals surface area contributed by atoms with Crippen molar-refractivity contribution in [3.05, 3.63) is 52.8 Å². The van der Waals surface area contributed by atoms with Crippen molar-refractivity contribution in [3.63, 3.8) is 0 Å². The Labute approximate surface area is 127 Å². The molecule has 6 heteroatoms. The van der Waals surface area contributed by atoms with Gasteiger partial charge in [0, 0.05) is 34.4 Å². The predicted octanol–water partition coefficient (Wildman–Crippen LogP) is 5.13. The minimum atomic E-state index is -2.53. The van der Waals surface area contributed by atoms with E-state index in [1.807, 2.05) is 0 Å². The fraction of sp³-hybridized carbons (Fsp3) is 0.200. The van der Waals surface area contributed by atoms with Crippen LogP contribution in [-0.4, -0.2) is 11.9 Å². The van der Waals surface area contributed by atoms with Crippen LogP contribution in [0.1, 0.15) is 25.8 Å². The second kappa shape index (κ2) is 7.69. The van der Waals surface area contributed by atoms with Crippen molar-refractivity contribution in [2.75, 3.05) is 5.32 Å². The van der Waals surface area contributed by atoms with Crippen molar-refractivity contribution in [2.24, 2.45) is 4.99 Å². The molecular formula is C15H16ClF2N3. The largest absolute Gasteiger partial charge is 0.359 e. The number of hydrogen-bond donors (Lipinski definition) is 2. The van der Waals surface area contributed by atoms with E-state index < -0.39 is 6.43 Å². The van der Waals surface area contributed by atoms with Crippen LogP contribution in [0.5, 0.6) is 0 Å². The van der Waals surface area contributed by atoms with Crippen molar-refractivity contribution in [3.8, 4) is 0 Å². The number of hydrogen-bond acceptors (Lipinski definition) is 3. The molecule has 0 saturated carbocycles. The van der Waals surface area contributed by atoms with Gasteiger partial charge >= 0.3 is 0 Å². The molecule has 0 amide bonds. The Morgan fingerprint density at radius 2 is 2.10 bits per heavy atom. The molecule has 0 aliphatic heterocycles. The van der Waals surface area contributed by atoms with Gasteiger partial charge in [-0.05, 0) is 26.0 Å². The van der Waals surface area contributed by atoms with Gasteiger partial charge in [-0.25, -0.2) is 13.8 Å². The number of anilines is 1. The van der Waals surface area contributed by atoms with E-state index in [2.05, 4.69) is 16.9 Å². The highest BCUT2D eigenvalue weighted by molar-refractivity contribution is 6.30. The third kappa shape index (κ3) is 5.11. The Bertz CT molecular complexity index is 607. The molecule has 0 radical (unpaired) electrons. The first-order chi connectivity index (χ1) is 9.85. The molecule has 0 spiro atoms. The molecule has 3 nitrogen and oxygen atoms in total. The summed E-state index contributed by atoms with van der Waals surface area (Å²) in [5, 5.41) is 10.5. The van der Waals surface area contributed by atoms with Gasteiger partial charge in [-0.3, -0.25) is 0 Å². The van der Waals surface area contributed by atoms with Crippen LogP contribution < -0.4 is 5.32 Å². The molecule has 2 N–H and O–H groups in total. The third-order valence-electron chi connectivity index (χ3n) is 2.70. The van der Waals surface area contributed by atoms with Crippen molar-refractivity contribution >= 4 is 29.2 Å². The molecule has 0 bridgehead atoms. The molecule has 0 aromatic heterocycles. The average Bonchev–Trinajstić information content (AvgIpc) is 2.38. The van der Waals surface area contributed by atoms with Gasteiger partial charge in [0.05, 0.1) is 0 Å². The molecule has 1 aromatic rings. The van der Waals surface area contributed by atoms with Gasteiger partial charge in [0.2, 0.25) is 0 Å². The molecule has 1 aromatic carbocycles. The van der Waals surface area contributed by atoms with Gasteiger partial charge in [0.15, 0.2) is 0 Å². The van der Waals surface area contributed by atoms with Crippen molar-refractivity contribution in [1.82, 2.24) is 0 Å². The summed E-state index contributed by atoms with van der Waals surface area (Å²) in [7, 11) is 0. The molecule has 0 saturated heterocycles. The predicted molar refractivity (Wildman–Crippen MR) is 84.6 cm³/mol. The summed E-state index contributed by atoms with van der Waals surface area (Å²) in [6.45, 7) is 6.88. The summed E-state index contributed by atoms with van der Waals surface area (Å²) < 4.78 is 25.3. The summed E-state index contributed by atoms with van der Waals surface area (Å²) >= 11 is 5.61. The Kier molecular flexibility index (Phi) is 6.24. The maximum Gasteiger partial charge on any atom is 0.263 e. The highest BCUT2D eigenvalue weighted by atomic mass is 35.5. The smallest absolute Gasteiger partial charge is 0.263 e. The number of rotatable bonds is 6. The van der Waals surface area contributed by atoms with E-state index in [-0.39, 0.29) is 10.7 Å². The Hall–Kier alpha value is -2.01. The van der Waals surface area contributed by atoms with E-state index in [0.29, 0.717) is 22.7 Å². The number of aliphatic imine (C=N–C) groups is 1. The maximum atomic E-state index is 12.7. The van der Waals surface area contributed by atoms with Crippen LogP contribution in [0.2, 0.25) is 0 Å². The van der Waals surface area contributed by atoms with Gasteiger partial charge in [-0.15, -0.1) is 0 Å². The van der Waals surface area contributed by atoms with Crippen molar-refractivity contribution in [1.29, 1.82) is 5.41 Å². The number of benzene rings is 1. The van der Waals surface area contributed by atoms with Crippen LogP contribution in [-0.2, 0) is 0 Å². The zero-order valence-corrected chi connectivity index (χ0v) is 12.5. The normalized spacial score (nSPS) is 13.0. The lowest BCUT2D eigenvalue weighted by Crippen LogP contribution is -2.08. The second-order valence-corrected chi connectivity index (χ2v) is 4.74. The van der Waals surface area contributed by atoms with E-state index in [9.17, 15) is 8.78 Å². The number of nitrogens with zero attached hydrogens (tertiary/aromatic N) is 1. The Morgan fingerprint density at radius 3 is 2.62 bits per heavy atom. The van der Waals surface area contributed by atoms with Crippen molar-refractivity contribution in [2.45, 2.75) is 20.3 Å². The van der Waals surface area contributed by atoms with Crippen LogP contribution in [0.3, 0.4) is 0 Å². The molecule has 0 unspecified atom stereocenters. The molecule has 0 heterocycles. The summed E-state index contributed by atoms with van der Waals surface area (Å²) in [5.41, 5.74) is 2.08. The fourth-order valence-electron chi connectivity index (χ4n) is 1.76. The van der Waals surface area contributed by atoms with E-state index in [0.717, 1.165) is 6.21 Å². The zero-order chi connectivity index (χ0) is 16.0. The van der Waals surface area contributed by atoms with E-state index >= 15 is 0 Å². The van der Waals surface area contributed by atoms with Crippen LogP contribution >= 0.6 is 11.6 Å². The molecule has 21 heavy (non-hydrogen) atoms. The highest BCUT2D eigenvalue weighted by Crippen LogP contribution is 2.23. The van der Waals surface area contributed by atoms with Gasteiger partial charge in [-0.1, -0.05) is 30.3 Å². The van der Waals surface area contributed by atoms with Gasteiger partial charge < -0.3 is 10.7 Å². The topological polar surface area (TPSA) is 48.2 Å². The van der Waals surface area contributed by atoms with Crippen LogP contribution in [0.25, 0.3) is 0 Å². The molecule has 0 atom stereocenters. The van der Waals surface area contributed by atoms with Gasteiger partial charge in [0.25, 0.3) is 6.43 Å². The van der Waals surface area contributed by atoms with Crippen molar-refractivity contribution < 1.29 is 8.78 Å². The lowest BCUT2D eigenvalue weighted by molar-refractivity contribution is 0.151. The molecular weight excluding hydrogens is 296 g/mol. The molecule has 0 aliphatic rings. The fourth-order valence-corrected chi connectivity index (χ4v) is 1.89. The first-order valence-corrected chi connectivity index (χ1v) is 6.49. The Morgan fingerprint density at radius 1 is 1.43 bits per heavy atom. The molecule has 0 aliphatic carbocycles. The highest BCUT2D eigenvalue weighted by Gasteiger charge is 2.09. The summed E-state index contributed by atoms with van der Waals surface area (Å²) in [4.78, 5) is 3.98. The first-order valence-electron chi connectivity index (χ1n) is 6.11. The third-order valence-corrected chi connectivity index (χ3v) is 2.78. The van der Waals surface area contributed by atoms with Gasteiger partial charge in [0.1, 0.15) is 5.16 Å². The Balaban J connectivity index is 3.09. The SMILES string of the molecule is C=C(Cl)/N=C(C)\C(C=N)=C(/C)Nc1cccc(C(F)F)c1. The zero-order valence-electron chi connectivity index (χ0n) is 11.8. The first kappa shape index (κ1) is 17.0. The van der Waals surface area contributed by atoms with E-state index in [4.69, 9.17) is 17.0 Å². The average molecular weight is 312 g/mol. The van der Waals surface area contributed by atoms with E-state index in [1.54, 1.807) is 26.0 Å².